The molecule has 2 aromatic carbocycles. The zero-order chi connectivity index (χ0) is 12.4. The highest BCUT2D eigenvalue weighted by Gasteiger charge is 2.12. The Labute approximate surface area is 113 Å². The van der Waals surface area contributed by atoms with Gasteiger partial charge in [0.2, 0.25) is 0 Å². The van der Waals surface area contributed by atoms with E-state index in [0.29, 0.717) is 16.7 Å². The summed E-state index contributed by atoms with van der Waals surface area (Å²) in [5, 5.41) is 0. The lowest BCUT2D eigenvalue weighted by Gasteiger charge is -2.05. The molecule has 0 amide bonds. The molecule has 0 N–H and O–H groups in total. The van der Waals surface area contributed by atoms with Gasteiger partial charge in [0, 0.05) is 14.7 Å². The molecule has 0 atom stereocenters. The van der Waals surface area contributed by atoms with Gasteiger partial charge in [0.1, 0.15) is 5.82 Å². The number of benzene rings is 2. The molecule has 0 heterocycles. The summed E-state index contributed by atoms with van der Waals surface area (Å²) < 4.78 is 14.0. The Balaban J connectivity index is 2.44. The van der Waals surface area contributed by atoms with Gasteiger partial charge in [-0.2, -0.15) is 0 Å². The van der Waals surface area contributed by atoms with Crippen LogP contribution in [0.2, 0.25) is 0 Å². The number of carbonyl (C=O) groups is 1. The molecule has 2 rings (SSSR count). The number of hydrogen-bond donors (Lipinski definition) is 0. The molecule has 0 aliphatic heterocycles. The van der Waals surface area contributed by atoms with Crippen LogP contribution in [0.15, 0.2) is 42.5 Å². The molecule has 0 spiro atoms. The van der Waals surface area contributed by atoms with Crippen LogP contribution in [0.1, 0.15) is 21.5 Å². The standard InChI is InChI=1S/C14H10FIO/c1-9-8-10(6-7-12(9)15)14(17)11-4-2-3-5-13(11)16/h2-8H,1H3. The van der Waals surface area contributed by atoms with Crippen molar-refractivity contribution in [3.63, 3.8) is 0 Å². The lowest BCUT2D eigenvalue weighted by atomic mass is 10.0. The van der Waals surface area contributed by atoms with Crippen LogP contribution >= 0.6 is 22.6 Å². The maximum Gasteiger partial charge on any atom is 0.194 e. The van der Waals surface area contributed by atoms with Crippen LogP contribution in [-0.2, 0) is 0 Å². The van der Waals surface area contributed by atoms with Crippen LogP contribution < -0.4 is 0 Å². The SMILES string of the molecule is Cc1cc(C(=O)c2ccccc2I)ccc1F. The first-order valence-corrected chi connectivity index (χ1v) is 6.23. The molecule has 0 bridgehead atoms. The van der Waals surface area contributed by atoms with Crippen molar-refractivity contribution in [2.45, 2.75) is 6.92 Å². The van der Waals surface area contributed by atoms with Crippen LogP contribution in [-0.4, -0.2) is 5.78 Å². The molecule has 0 saturated heterocycles. The van der Waals surface area contributed by atoms with Crippen molar-refractivity contribution >= 4 is 28.4 Å². The molecule has 0 aliphatic carbocycles. The van der Waals surface area contributed by atoms with Crippen molar-refractivity contribution in [2.75, 3.05) is 0 Å². The van der Waals surface area contributed by atoms with E-state index in [1.165, 1.54) is 12.1 Å². The third kappa shape index (κ3) is 2.54. The van der Waals surface area contributed by atoms with Crippen molar-refractivity contribution in [3.05, 3.63) is 68.5 Å². The second-order valence-electron chi connectivity index (χ2n) is 3.77. The summed E-state index contributed by atoms with van der Waals surface area (Å²) in [5.41, 5.74) is 1.66. The number of rotatable bonds is 2. The molecule has 2 aromatic rings. The van der Waals surface area contributed by atoms with E-state index in [2.05, 4.69) is 22.6 Å². The molecule has 0 unspecified atom stereocenters. The van der Waals surface area contributed by atoms with E-state index in [-0.39, 0.29) is 11.6 Å². The van der Waals surface area contributed by atoms with Gasteiger partial charge in [-0.05, 0) is 65.4 Å². The van der Waals surface area contributed by atoms with E-state index in [1.807, 2.05) is 18.2 Å². The minimum atomic E-state index is -0.288. The maximum atomic E-state index is 13.1. The van der Waals surface area contributed by atoms with E-state index in [1.54, 1.807) is 19.1 Å². The molecule has 86 valence electrons. The van der Waals surface area contributed by atoms with Crippen LogP contribution in [0.4, 0.5) is 4.39 Å². The second-order valence-corrected chi connectivity index (χ2v) is 4.94. The molecular weight excluding hydrogens is 330 g/mol. The van der Waals surface area contributed by atoms with Crippen LogP contribution in [0.25, 0.3) is 0 Å². The molecule has 0 aliphatic rings. The Kier molecular flexibility index (Phi) is 3.57. The summed E-state index contributed by atoms with van der Waals surface area (Å²) in [4.78, 5) is 12.2. The van der Waals surface area contributed by atoms with Gasteiger partial charge in [0.15, 0.2) is 5.78 Å². The molecule has 0 fully saturated rings. The summed E-state index contributed by atoms with van der Waals surface area (Å²) >= 11 is 2.12. The fraction of sp³-hybridized carbons (Fsp3) is 0.0714. The monoisotopic (exact) mass is 340 g/mol. The third-order valence-electron chi connectivity index (χ3n) is 2.54. The van der Waals surface area contributed by atoms with Gasteiger partial charge in [-0.15, -0.1) is 0 Å². The van der Waals surface area contributed by atoms with Gasteiger partial charge in [-0.25, -0.2) is 4.39 Å². The molecule has 1 nitrogen and oxygen atoms in total. The van der Waals surface area contributed by atoms with E-state index in [0.717, 1.165) is 3.57 Å². The Morgan fingerprint density at radius 3 is 2.53 bits per heavy atom. The molecular formula is C14H10FIO. The molecule has 0 radical (unpaired) electrons. The Hall–Kier alpha value is -1.23. The minimum absolute atomic E-state index is 0.0712. The van der Waals surface area contributed by atoms with Gasteiger partial charge < -0.3 is 0 Å². The van der Waals surface area contributed by atoms with Gasteiger partial charge in [0.05, 0.1) is 0 Å². The predicted molar refractivity (Wildman–Crippen MR) is 73.7 cm³/mol. The highest BCUT2D eigenvalue weighted by Crippen LogP contribution is 2.18. The van der Waals surface area contributed by atoms with Crippen LogP contribution in [0.3, 0.4) is 0 Å². The largest absolute Gasteiger partial charge is 0.289 e. The van der Waals surface area contributed by atoms with E-state index < -0.39 is 0 Å². The normalized spacial score (nSPS) is 10.3. The van der Waals surface area contributed by atoms with E-state index in [4.69, 9.17) is 0 Å². The fourth-order valence-electron chi connectivity index (χ4n) is 1.59. The summed E-state index contributed by atoms with van der Waals surface area (Å²) in [7, 11) is 0. The summed E-state index contributed by atoms with van der Waals surface area (Å²) in [5.74, 6) is -0.359. The quantitative estimate of drug-likeness (QED) is 0.597. The Morgan fingerprint density at radius 2 is 1.88 bits per heavy atom. The predicted octanol–water partition coefficient (Wildman–Crippen LogP) is 3.97. The number of halogens is 2. The number of carbonyl (C=O) groups excluding carboxylic acids is 1. The van der Waals surface area contributed by atoms with Crippen molar-refractivity contribution < 1.29 is 9.18 Å². The van der Waals surface area contributed by atoms with Gasteiger partial charge >= 0.3 is 0 Å². The summed E-state index contributed by atoms with van der Waals surface area (Å²) in [6.45, 7) is 1.65. The smallest absolute Gasteiger partial charge is 0.194 e. The zero-order valence-electron chi connectivity index (χ0n) is 9.21. The van der Waals surface area contributed by atoms with E-state index >= 15 is 0 Å². The zero-order valence-corrected chi connectivity index (χ0v) is 11.4. The molecule has 17 heavy (non-hydrogen) atoms. The first kappa shape index (κ1) is 12.2. The Bertz CT molecular complexity index is 578. The summed E-state index contributed by atoms with van der Waals surface area (Å²) in [6.07, 6.45) is 0. The molecule has 0 saturated carbocycles. The summed E-state index contributed by atoms with van der Waals surface area (Å²) in [6, 6.07) is 11.8. The van der Waals surface area contributed by atoms with Crippen molar-refractivity contribution in [1.82, 2.24) is 0 Å². The van der Waals surface area contributed by atoms with Crippen molar-refractivity contribution in [2.24, 2.45) is 0 Å². The second kappa shape index (κ2) is 4.96. The first-order valence-electron chi connectivity index (χ1n) is 5.15. The topological polar surface area (TPSA) is 17.1 Å². The van der Waals surface area contributed by atoms with Crippen LogP contribution in [0, 0.1) is 16.3 Å². The average molecular weight is 340 g/mol. The van der Waals surface area contributed by atoms with Gasteiger partial charge in [-0.3, -0.25) is 4.79 Å². The van der Waals surface area contributed by atoms with Gasteiger partial charge in [-0.1, -0.05) is 12.1 Å². The van der Waals surface area contributed by atoms with Gasteiger partial charge in [0.25, 0.3) is 0 Å². The highest BCUT2D eigenvalue weighted by molar-refractivity contribution is 14.1. The number of aryl methyl sites for hydroxylation is 1. The lowest BCUT2D eigenvalue weighted by molar-refractivity contribution is 0.103. The molecule has 0 aromatic heterocycles. The van der Waals surface area contributed by atoms with Crippen molar-refractivity contribution in [3.8, 4) is 0 Å². The number of ketones is 1. The minimum Gasteiger partial charge on any atom is -0.289 e. The fourth-order valence-corrected chi connectivity index (χ4v) is 2.22. The van der Waals surface area contributed by atoms with Crippen molar-refractivity contribution in [1.29, 1.82) is 0 Å². The maximum absolute atomic E-state index is 13.1. The Morgan fingerprint density at radius 1 is 1.18 bits per heavy atom. The van der Waals surface area contributed by atoms with E-state index in [9.17, 15) is 9.18 Å². The molecule has 3 heteroatoms. The third-order valence-corrected chi connectivity index (χ3v) is 3.48. The number of hydrogen-bond acceptors (Lipinski definition) is 1. The highest BCUT2D eigenvalue weighted by atomic mass is 127. The first-order chi connectivity index (χ1) is 8.09. The van der Waals surface area contributed by atoms with Crippen LogP contribution in [0.5, 0.6) is 0 Å². The lowest BCUT2D eigenvalue weighted by Crippen LogP contribution is -2.04. The average Bonchev–Trinajstić information content (AvgIpc) is 2.32.